The van der Waals surface area contributed by atoms with Gasteiger partial charge in [-0.05, 0) is 19.4 Å². The summed E-state index contributed by atoms with van der Waals surface area (Å²) in [4.78, 5) is 0. The molecule has 0 aliphatic heterocycles. The number of benzene rings is 1. The van der Waals surface area contributed by atoms with Crippen molar-refractivity contribution >= 4 is 21.4 Å². The van der Waals surface area contributed by atoms with Crippen LogP contribution in [0.1, 0.15) is 23.4 Å². The molecule has 0 aromatic heterocycles. The van der Waals surface area contributed by atoms with Gasteiger partial charge >= 0.3 is 0 Å². The Hall–Kier alpha value is -0.540. The molecule has 0 heterocycles. The van der Waals surface area contributed by atoms with Gasteiger partial charge in [0.05, 0.1) is 10.6 Å². The Morgan fingerprint density at radius 2 is 1.67 bits per heavy atom. The van der Waals surface area contributed by atoms with E-state index >= 15 is 0 Å². The summed E-state index contributed by atoms with van der Waals surface area (Å²) in [7, 11) is -3.09. The van der Waals surface area contributed by atoms with E-state index in [0.29, 0.717) is 0 Å². The fraction of sp³-hybridized carbons (Fsp3) is 0.455. The molecule has 2 unspecified atom stereocenters. The lowest BCUT2D eigenvalue weighted by Crippen LogP contribution is -2.21. The standard InChI is InChI=1S/C11H15ClO2S/c1-8-4-6-10(7-5-8)11(12)9(2)15(3,13)14/h4-7,9,11H,1-3H3. The lowest BCUT2D eigenvalue weighted by atomic mass is 10.1. The first kappa shape index (κ1) is 12.5. The van der Waals surface area contributed by atoms with E-state index in [9.17, 15) is 8.42 Å². The summed E-state index contributed by atoms with van der Waals surface area (Å²) >= 11 is 6.11. The topological polar surface area (TPSA) is 34.1 Å². The monoisotopic (exact) mass is 246 g/mol. The lowest BCUT2D eigenvalue weighted by Gasteiger charge is -2.16. The Morgan fingerprint density at radius 1 is 1.20 bits per heavy atom. The molecule has 1 rings (SSSR count). The molecular formula is C11H15ClO2S. The van der Waals surface area contributed by atoms with E-state index in [-0.39, 0.29) is 0 Å². The molecule has 84 valence electrons. The first-order chi connectivity index (χ1) is 6.82. The van der Waals surface area contributed by atoms with Crippen LogP contribution in [-0.4, -0.2) is 19.9 Å². The summed E-state index contributed by atoms with van der Waals surface area (Å²) in [5.74, 6) is 0. The van der Waals surface area contributed by atoms with Gasteiger partial charge in [0.15, 0.2) is 9.84 Å². The maximum atomic E-state index is 11.3. The van der Waals surface area contributed by atoms with Crippen molar-refractivity contribution in [1.29, 1.82) is 0 Å². The van der Waals surface area contributed by atoms with Crippen LogP contribution in [0.4, 0.5) is 0 Å². The third kappa shape index (κ3) is 3.21. The van der Waals surface area contributed by atoms with Gasteiger partial charge in [-0.3, -0.25) is 0 Å². The van der Waals surface area contributed by atoms with Crippen LogP contribution in [-0.2, 0) is 9.84 Å². The average molecular weight is 247 g/mol. The van der Waals surface area contributed by atoms with Gasteiger partial charge < -0.3 is 0 Å². The van der Waals surface area contributed by atoms with Gasteiger partial charge in [0, 0.05) is 6.26 Å². The van der Waals surface area contributed by atoms with Crippen LogP contribution >= 0.6 is 11.6 Å². The molecule has 2 nitrogen and oxygen atoms in total. The third-order valence-corrected chi connectivity index (χ3v) is 4.89. The van der Waals surface area contributed by atoms with Crippen molar-refractivity contribution in [2.24, 2.45) is 0 Å². The van der Waals surface area contributed by atoms with Crippen molar-refractivity contribution in [2.75, 3.05) is 6.26 Å². The highest BCUT2D eigenvalue weighted by Crippen LogP contribution is 2.28. The maximum Gasteiger partial charge on any atom is 0.151 e. The van der Waals surface area contributed by atoms with Crippen molar-refractivity contribution in [3.8, 4) is 0 Å². The van der Waals surface area contributed by atoms with Crippen LogP contribution in [0, 0.1) is 6.92 Å². The molecule has 4 heteroatoms. The molecule has 0 saturated heterocycles. The van der Waals surface area contributed by atoms with Crippen molar-refractivity contribution in [3.63, 3.8) is 0 Å². The zero-order valence-electron chi connectivity index (χ0n) is 9.07. The van der Waals surface area contributed by atoms with Crippen molar-refractivity contribution < 1.29 is 8.42 Å². The zero-order chi connectivity index (χ0) is 11.6. The number of halogens is 1. The molecule has 0 radical (unpaired) electrons. The van der Waals surface area contributed by atoms with Crippen LogP contribution < -0.4 is 0 Å². The first-order valence-corrected chi connectivity index (χ1v) is 7.11. The number of aryl methyl sites for hydroxylation is 1. The molecular weight excluding hydrogens is 232 g/mol. The van der Waals surface area contributed by atoms with Gasteiger partial charge in [-0.2, -0.15) is 0 Å². The molecule has 0 bridgehead atoms. The minimum Gasteiger partial charge on any atom is -0.229 e. The quantitative estimate of drug-likeness (QED) is 0.769. The molecule has 15 heavy (non-hydrogen) atoms. The van der Waals surface area contributed by atoms with Gasteiger partial charge in [0.25, 0.3) is 0 Å². The molecule has 0 aliphatic rings. The van der Waals surface area contributed by atoms with E-state index in [1.54, 1.807) is 6.92 Å². The number of alkyl halides is 1. The maximum absolute atomic E-state index is 11.3. The second kappa shape index (κ2) is 4.54. The summed E-state index contributed by atoms with van der Waals surface area (Å²) in [5.41, 5.74) is 1.98. The third-order valence-electron chi connectivity index (χ3n) is 2.48. The van der Waals surface area contributed by atoms with Crippen LogP contribution in [0.2, 0.25) is 0 Å². The molecule has 0 fully saturated rings. The second-order valence-electron chi connectivity index (χ2n) is 3.85. The fourth-order valence-electron chi connectivity index (χ4n) is 1.24. The number of sulfone groups is 1. The Morgan fingerprint density at radius 3 is 2.07 bits per heavy atom. The molecule has 1 aromatic carbocycles. The van der Waals surface area contributed by atoms with Gasteiger partial charge in [-0.25, -0.2) is 8.42 Å². The fourth-order valence-corrected chi connectivity index (χ4v) is 2.54. The van der Waals surface area contributed by atoms with Crippen molar-refractivity contribution in [1.82, 2.24) is 0 Å². The van der Waals surface area contributed by atoms with Crippen LogP contribution in [0.25, 0.3) is 0 Å². The largest absolute Gasteiger partial charge is 0.229 e. The van der Waals surface area contributed by atoms with E-state index in [1.807, 2.05) is 31.2 Å². The van der Waals surface area contributed by atoms with Gasteiger partial charge in [0.1, 0.15) is 0 Å². The smallest absolute Gasteiger partial charge is 0.151 e. The predicted molar refractivity (Wildman–Crippen MR) is 64.1 cm³/mol. The lowest BCUT2D eigenvalue weighted by molar-refractivity contribution is 0.587. The summed E-state index contributed by atoms with van der Waals surface area (Å²) in [6.07, 6.45) is 1.21. The van der Waals surface area contributed by atoms with Gasteiger partial charge in [-0.1, -0.05) is 29.8 Å². The minimum atomic E-state index is -3.09. The van der Waals surface area contributed by atoms with Crippen LogP contribution in [0.5, 0.6) is 0 Å². The van der Waals surface area contributed by atoms with Gasteiger partial charge in [-0.15, -0.1) is 11.6 Å². The Labute approximate surface area is 96.2 Å². The van der Waals surface area contributed by atoms with E-state index in [2.05, 4.69) is 0 Å². The molecule has 0 aliphatic carbocycles. The Balaban J connectivity index is 2.95. The van der Waals surface area contributed by atoms with E-state index in [1.165, 1.54) is 6.26 Å². The summed E-state index contributed by atoms with van der Waals surface area (Å²) in [5, 5.41) is -1.05. The summed E-state index contributed by atoms with van der Waals surface area (Å²) < 4.78 is 22.7. The van der Waals surface area contributed by atoms with Gasteiger partial charge in [0.2, 0.25) is 0 Å². The van der Waals surface area contributed by atoms with Crippen LogP contribution in [0.3, 0.4) is 0 Å². The predicted octanol–water partition coefficient (Wildman–Crippen LogP) is 2.71. The zero-order valence-corrected chi connectivity index (χ0v) is 10.6. The van der Waals surface area contributed by atoms with E-state index in [0.717, 1.165) is 11.1 Å². The molecule has 0 N–H and O–H groups in total. The second-order valence-corrected chi connectivity index (χ2v) is 6.72. The minimum absolute atomic E-state index is 0.486. The highest BCUT2D eigenvalue weighted by atomic mass is 35.5. The molecule has 1 aromatic rings. The summed E-state index contributed by atoms with van der Waals surface area (Å²) in [6.45, 7) is 3.61. The molecule has 0 saturated carbocycles. The first-order valence-electron chi connectivity index (χ1n) is 4.72. The average Bonchev–Trinajstić information content (AvgIpc) is 2.15. The highest BCUT2D eigenvalue weighted by molar-refractivity contribution is 7.91. The Bertz CT molecular complexity index is 422. The molecule has 0 amide bonds. The molecule has 2 atom stereocenters. The number of hydrogen-bond acceptors (Lipinski definition) is 2. The van der Waals surface area contributed by atoms with Crippen molar-refractivity contribution in [3.05, 3.63) is 35.4 Å². The van der Waals surface area contributed by atoms with Crippen molar-refractivity contribution in [2.45, 2.75) is 24.5 Å². The van der Waals surface area contributed by atoms with Crippen LogP contribution in [0.15, 0.2) is 24.3 Å². The highest BCUT2D eigenvalue weighted by Gasteiger charge is 2.25. The SMILES string of the molecule is Cc1ccc(C(Cl)C(C)S(C)(=O)=O)cc1. The Kier molecular flexibility index (Phi) is 3.79. The summed E-state index contributed by atoms with van der Waals surface area (Å²) in [6, 6.07) is 7.60. The van der Waals surface area contributed by atoms with E-state index in [4.69, 9.17) is 11.6 Å². The van der Waals surface area contributed by atoms with E-state index < -0.39 is 20.5 Å². The number of hydrogen-bond donors (Lipinski definition) is 0. The number of rotatable bonds is 3. The molecule has 0 spiro atoms. The normalized spacial score (nSPS) is 16.0.